The van der Waals surface area contributed by atoms with E-state index in [4.69, 9.17) is 10.5 Å². The molecular formula is C15H19N3O. The highest BCUT2D eigenvalue weighted by Crippen LogP contribution is 2.37. The summed E-state index contributed by atoms with van der Waals surface area (Å²) in [7, 11) is 1.68. The Bertz CT molecular complexity index is 591. The van der Waals surface area contributed by atoms with E-state index in [9.17, 15) is 0 Å². The van der Waals surface area contributed by atoms with Crippen LogP contribution in [0.2, 0.25) is 0 Å². The molecular weight excluding hydrogens is 238 g/mol. The van der Waals surface area contributed by atoms with Gasteiger partial charge < -0.3 is 10.5 Å². The number of fused-ring (bicyclic) bond motifs is 1. The number of benzene rings is 1. The van der Waals surface area contributed by atoms with Gasteiger partial charge in [-0.15, -0.1) is 0 Å². The van der Waals surface area contributed by atoms with Crippen molar-refractivity contribution in [1.82, 2.24) is 9.78 Å². The normalized spacial score (nSPS) is 22.1. The molecule has 0 fully saturated rings. The zero-order valence-electron chi connectivity index (χ0n) is 11.3. The lowest BCUT2D eigenvalue weighted by Gasteiger charge is -2.31. The smallest absolute Gasteiger partial charge is 0.119 e. The molecule has 1 aliphatic carbocycles. The van der Waals surface area contributed by atoms with Gasteiger partial charge in [0, 0.05) is 6.20 Å². The molecule has 0 aliphatic heterocycles. The summed E-state index contributed by atoms with van der Waals surface area (Å²) in [5.74, 6) is 0.867. The molecule has 4 nitrogen and oxygen atoms in total. The third kappa shape index (κ3) is 2.12. The number of ether oxygens (including phenoxy) is 1. The van der Waals surface area contributed by atoms with E-state index < -0.39 is 0 Å². The van der Waals surface area contributed by atoms with Gasteiger partial charge in [0.2, 0.25) is 0 Å². The highest BCUT2D eigenvalue weighted by Gasteiger charge is 2.28. The van der Waals surface area contributed by atoms with Gasteiger partial charge in [0.05, 0.1) is 24.9 Å². The SMILES string of the molecule is COc1ccc2c(c1)C(N)C(n1ccc(C)n1)CC2. The van der Waals surface area contributed by atoms with Crippen LogP contribution < -0.4 is 10.5 Å². The Morgan fingerprint density at radius 1 is 1.37 bits per heavy atom. The number of hydrogen-bond donors (Lipinski definition) is 1. The molecule has 0 bridgehead atoms. The molecule has 2 unspecified atom stereocenters. The first kappa shape index (κ1) is 12.2. The zero-order valence-corrected chi connectivity index (χ0v) is 11.3. The van der Waals surface area contributed by atoms with Gasteiger partial charge in [-0.3, -0.25) is 4.68 Å². The van der Waals surface area contributed by atoms with E-state index in [-0.39, 0.29) is 12.1 Å². The Kier molecular flexibility index (Phi) is 3.03. The van der Waals surface area contributed by atoms with Crippen molar-refractivity contribution < 1.29 is 4.74 Å². The van der Waals surface area contributed by atoms with E-state index in [0.717, 1.165) is 24.3 Å². The second-order valence-electron chi connectivity index (χ2n) is 5.13. The summed E-state index contributed by atoms with van der Waals surface area (Å²) < 4.78 is 7.30. The maximum Gasteiger partial charge on any atom is 0.119 e. The van der Waals surface area contributed by atoms with E-state index in [2.05, 4.69) is 17.2 Å². The van der Waals surface area contributed by atoms with Crippen LogP contribution >= 0.6 is 0 Å². The molecule has 19 heavy (non-hydrogen) atoms. The molecule has 1 aromatic carbocycles. The third-order valence-electron chi connectivity index (χ3n) is 3.92. The molecule has 0 amide bonds. The lowest BCUT2D eigenvalue weighted by molar-refractivity contribution is 0.339. The van der Waals surface area contributed by atoms with Crippen molar-refractivity contribution in [2.45, 2.75) is 31.8 Å². The first-order valence-corrected chi connectivity index (χ1v) is 6.63. The predicted molar refractivity (Wildman–Crippen MR) is 74.2 cm³/mol. The van der Waals surface area contributed by atoms with Crippen molar-refractivity contribution in [1.29, 1.82) is 0 Å². The van der Waals surface area contributed by atoms with Crippen LogP contribution in [0.5, 0.6) is 5.75 Å². The van der Waals surface area contributed by atoms with Crippen molar-refractivity contribution >= 4 is 0 Å². The molecule has 2 atom stereocenters. The highest BCUT2D eigenvalue weighted by molar-refractivity contribution is 5.39. The first-order chi connectivity index (χ1) is 9.19. The van der Waals surface area contributed by atoms with Gasteiger partial charge in [0.15, 0.2) is 0 Å². The van der Waals surface area contributed by atoms with Crippen molar-refractivity contribution in [3.05, 3.63) is 47.3 Å². The lowest BCUT2D eigenvalue weighted by atomic mass is 9.84. The van der Waals surface area contributed by atoms with E-state index in [0.29, 0.717) is 0 Å². The maximum absolute atomic E-state index is 6.44. The number of aromatic nitrogens is 2. The minimum atomic E-state index is -0.0295. The van der Waals surface area contributed by atoms with Crippen molar-refractivity contribution in [2.75, 3.05) is 7.11 Å². The van der Waals surface area contributed by atoms with Crippen LogP contribution in [-0.2, 0) is 6.42 Å². The van der Waals surface area contributed by atoms with E-state index in [1.165, 1.54) is 11.1 Å². The minimum absolute atomic E-state index is 0.0295. The topological polar surface area (TPSA) is 53.1 Å². The molecule has 0 radical (unpaired) electrons. The van der Waals surface area contributed by atoms with Gasteiger partial charge in [-0.25, -0.2) is 0 Å². The summed E-state index contributed by atoms with van der Waals surface area (Å²) in [5.41, 5.74) is 9.98. The summed E-state index contributed by atoms with van der Waals surface area (Å²) in [6.45, 7) is 2.00. The molecule has 2 aromatic rings. The second-order valence-corrected chi connectivity index (χ2v) is 5.13. The molecule has 0 spiro atoms. The number of rotatable bonds is 2. The highest BCUT2D eigenvalue weighted by atomic mass is 16.5. The van der Waals surface area contributed by atoms with E-state index >= 15 is 0 Å². The summed E-state index contributed by atoms with van der Waals surface area (Å²) in [6.07, 6.45) is 4.09. The molecule has 0 saturated carbocycles. The fraction of sp³-hybridized carbons (Fsp3) is 0.400. The summed E-state index contributed by atoms with van der Waals surface area (Å²) in [5, 5.41) is 4.51. The molecule has 3 rings (SSSR count). The average Bonchev–Trinajstić information content (AvgIpc) is 2.85. The number of nitrogens with two attached hydrogens (primary N) is 1. The van der Waals surface area contributed by atoms with Crippen LogP contribution in [0.25, 0.3) is 0 Å². The molecule has 100 valence electrons. The Balaban J connectivity index is 1.96. The summed E-state index contributed by atoms with van der Waals surface area (Å²) >= 11 is 0. The van der Waals surface area contributed by atoms with Crippen LogP contribution in [0.4, 0.5) is 0 Å². The third-order valence-corrected chi connectivity index (χ3v) is 3.92. The van der Waals surface area contributed by atoms with E-state index in [1.54, 1.807) is 7.11 Å². The van der Waals surface area contributed by atoms with Crippen LogP contribution in [-0.4, -0.2) is 16.9 Å². The maximum atomic E-state index is 6.44. The van der Waals surface area contributed by atoms with Gasteiger partial charge in [-0.1, -0.05) is 6.07 Å². The molecule has 2 N–H and O–H groups in total. The summed E-state index contributed by atoms with van der Waals surface area (Å²) in [6, 6.07) is 8.41. The van der Waals surface area contributed by atoms with Gasteiger partial charge in [0.1, 0.15) is 5.75 Å². The quantitative estimate of drug-likeness (QED) is 0.898. The zero-order chi connectivity index (χ0) is 13.4. The first-order valence-electron chi connectivity index (χ1n) is 6.63. The Hall–Kier alpha value is -1.81. The van der Waals surface area contributed by atoms with Crippen LogP contribution in [0.1, 0.15) is 35.3 Å². The van der Waals surface area contributed by atoms with Crippen molar-refractivity contribution in [3.8, 4) is 5.75 Å². The summed E-state index contributed by atoms with van der Waals surface area (Å²) in [4.78, 5) is 0. The van der Waals surface area contributed by atoms with Gasteiger partial charge in [-0.05, 0) is 49.1 Å². The Morgan fingerprint density at radius 2 is 2.21 bits per heavy atom. The minimum Gasteiger partial charge on any atom is -0.497 e. The molecule has 0 saturated heterocycles. The number of nitrogens with zero attached hydrogens (tertiary/aromatic N) is 2. The van der Waals surface area contributed by atoms with Gasteiger partial charge in [0.25, 0.3) is 0 Å². The molecule has 1 aliphatic rings. The predicted octanol–water partition coefficient (Wildman–Crippen LogP) is 2.39. The number of hydrogen-bond acceptors (Lipinski definition) is 3. The second kappa shape index (κ2) is 4.70. The number of methoxy groups -OCH3 is 1. The molecule has 1 heterocycles. The Morgan fingerprint density at radius 3 is 2.89 bits per heavy atom. The largest absolute Gasteiger partial charge is 0.497 e. The molecule has 4 heteroatoms. The van der Waals surface area contributed by atoms with E-state index in [1.807, 2.05) is 29.9 Å². The standard InChI is InChI=1S/C15H19N3O/c1-10-7-8-18(17-10)14-6-4-11-3-5-12(19-2)9-13(11)15(14)16/h3,5,7-9,14-15H,4,6,16H2,1-2H3. The lowest BCUT2D eigenvalue weighted by Crippen LogP contribution is -2.30. The Labute approximate surface area is 113 Å². The molecule has 1 aromatic heterocycles. The monoisotopic (exact) mass is 257 g/mol. The van der Waals surface area contributed by atoms with Crippen LogP contribution in [0, 0.1) is 6.92 Å². The fourth-order valence-corrected chi connectivity index (χ4v) is 2.84. The van der Waals surface area contributed by atoms with Crippen molar-refractivity contribution in [2.24, 2.45) is 5.73 Å². The number of aryl methyl sites for hydroxylation is 2. The van der Waals surface area contributed by atoms with Gasteiger partial charge >= 0.3 is 0 Å². The van der Waals surface area contributed by atoms with Crippen LogP contribution in [0.15, 0.2) is 30.5 Å². The fourth-order valence-electron chi connectivity index (χ4n) is 2.84. The van der Waals surface area contributed by atoms with Gasteiger partial charge in [-0.2, -0.15) is 5.10 Å². The van der Waals surface area contributed by atoms with Crippen LogP contribution in [0.3, 0.4) is 0 Å². The average molecular weight is 257 g/mol. The van der Waals surface area contributed by atoms with Crippen molar-refractivity contribution in [3.63, 3.8) is 0 Å².